The van der Waals surface area contributed by atoms with Gasteiger partial charge in [-0.1, -0.05) is 27.7 Å². The molecule has 0 radical (unpaired) electrons. The Morgan fingerprint density at radius 3 is 2.83 bits per heavy atom. The Labute approximate surface area is 190 Å². The van der Waals surface area contributed by atoms with Crippen molar-refractivity contribution >= 4 is 66.7 Å². The van der Waals surface area contributed by atoms with E-state index < -0.39 is 0 Å². The third-order valence-corrected chi connectivity index (χ3v) is 7.30. The van der Waals surface area contributed by atoms with Crippen LogP contribution < -0.4 is 10.6 Å². The molecule has 2 aromatic carbocycles. The quantitative estimate of drug-likeness (QED) is 0.455. The number of amides is 2. The molecule has 9 heteroatoms. The number of thiazole rings is 1. The summed E-state index contributed by atoms with van der Waals surface area (Å²) < 4.78 is 8.23. The van der Waals surface area contributed by atoms with E-state index in [-0.39, 0.29) is 17.9 Å². The van der Waals surface area contributed by atoms with Gasteiger partial charge < -0.3 is 15.4 Å². The van der Waals surface area contributed by atoms with E-state index in [0.717, 1.165) is 38.5 Å². The highest BCUT2D eigenvalue weighted by Crippen LogP contribution is 2.31. The predicted molar refractivity (Wildman–Crippen MR) is 124 cm³/mol. The predicted octanol–water partition coefficient (Wildman–Crippen LogP) is 4.70. The SMILES string of the molecule is O=C(CSc1nc2ccc(NC(=O)c3ccc(Br)cc3)cc2s1)NCC1CCCO1. The maximum Gasteiger partial charge on any atom is 0.255 e. The number of nitrogens with one attached hydrogen (secondary N) is 2. The van der Waals surface area contributed by atoms with Crippen LogP contribution in [0.15, 0.2) is 51.3 Å². The Balaban J connectivity index is 1.33. The topological polar surface area (TPSA) is 80.3 Å². The lowest BCUT2D eigenvalue weighted by Crippen LogP contribution is -2.32. The second kappa shape index (κ2) is 9.91. The van der Waals surface area contributed by atoms with Crippen LogP contribution in [-0.2, 0) is 9.53 Å². The number of aromatic nitrogens is 1. The minimum Gasteiger partial charge on any atom is -0.376 e. The summed E-state index contributed by atoms with van der Waals surface area (Å²) in [5, 5.41) is 5.83. The average molecular weight is 506 g/mol. The fourth-order valence-electron chi connectivity index (χ4n) is 3.06. The Kier molecular flexibility index (Phi) is 7.04. The first-order chi connectivity index (χ1) is 14.6. The van der Waals surface area contributed by atoms with Crippen molar-refractivity contribution in [3.63, 3.8) is 0 Å². The van der Waals surface area contributed by atoms with Gasteiger partial charge in [0, 0.05) is 28.9 Å². The van der Waals surface area contributed by atoms with Crippen LogP contribution in [0.5, 0.6) is 0 Å². The summed E-state index contributed by atoms with van der Waals surface area (Å²) >= 11 is 6.30. The minimum atomic E-state index is -0.163. The smallest absolute Gasteiger partial charge is 0.255 e. The number of ether oxygens (including phenoxy) is 1. The molecule has 1 atom stereocenters. The molecule has 1 aromatic heterocycles. The number of thioether (sulfide) groups is 1. The molecule has 2 N–H and O–H groups in total. The lowest BCUT2D eigenvalue weighted by Gasteiger charge is -2.09. The minimum absolute atomic E-state index is 0.0165. The molecule has 30 heavy (non-hydrogen) atoms. The van der Waals surface area contributed by atoms with E-state index in [9.17, 15) is 9.59 Å². The lowest BCUT2D eigenvalue weighted by molar-refractivity contribution is -0.119. The van der Waals surface area contributed by atoms with Crippen LogP contribution in [0.1, 0.15) is 23.2 Å². The molecule has 4 rings (SSSR count). The third kappa shape index (κ3) is 5.60. The molecule has 1 unspecified atom stereocenters. The number of hydrogen-bond acceptors (Lipinski definition) is 6. The molecule has 1 fully saturated rings. The van der Waals surface area contributed by atoms with Gasteiger partial charge in [-0.3, -0.25) is 9.59 Å². The van der Waals surface area contributed by atoms with E-state index in [0.29, 0.717) is 23.5 Å². The van der Waals surface area contributed by atoms with Gasteiger partial charge in [0.05, 0.1) is 22.1 Å². The van der Waals surface area contributed by atoms with Crippen LogP contribution in [0.2, 0.25) is 0 Å². The van der Waals surface area contributed by atoms with E-state index in [1.54, 1.807) is 12.1 Å². The highest BCUT2D eigenvalue weighted by Gasteiger charge is 2.16. The van der Waals surface area contributed by atoms with Gasteiger partial charge in [-0.15, -0.1) is 11.3 Å². The number of halogens is 1. The van der Waals surface area contributed by atoms with E-state index >= 15 is 0 Å². The summed E-state index contributed by atoms with van der Waals surface area (Å²) in [5.41, 5.74) is 2.15. The zero-order chi connectivity index (χ0) is 20.9. The van der Waals surface area contributed by atoms with Gasteiger partial charge in [-0.25, -0.2) is 4.98 Å². The second-order valence-corrected chi connectivity index (χ2v) is 10.0. The molecule has 0 spiro atoms. The van der Waals surface area contributed by atoms with Gasteiger partial charge in [0.1, 0.15) is 0 Å². The van der Waals surface area contributed by atoms with E-state index in [2.05, 4.69) is 31.5 Å². The van der Waals surface area contributed by atoms with Crippen molar-refractivity contribution in [3.05, 3.63) is 52.5 Å². The van der Waals surface area contributed by atoms with Crippen LogP contribution in [0.3, 0.4) is 0 Å². The monoisotopic (exact) mass is 505 g/mol. The number of carbonyl (C=O) groups excluding carboxylic acids is 2. The molecule has 156 valence electrons. The molecule has 1 aliphatic heterocycles. The summed E-state index contributed by atoms with van der Waals surface area (Å²) in [6, 6.07) is 12.8. The Hall–Kier alpha value is -1.94. The molecule has 2 amide bonds. The number of anilines is 1. The van der Waals surface area contributed by atoms with Crippen LogP contribution in [0, 0.1) is 0 Å². The van der Waals surface area contributed by atoms with Gasteiger partial charge in [-0.2, -0.15) is 0 Å². The fourth-order valence-corrected chi connectivity index (χ4v) is 5.26. The fraction of sp³-hybridized carbons (Fsp3) is 0.286. The Morgan fingerprint density at radius 1 is 1.23 bits per heavy atom. The highest BCUT2D eigenvalue weighted by molar-refractivity contribution is 9.10. The standard InChI is InChI=1S/C21H20BrN3O3S2/c22-14-5-3-13(4-6-14)20(27)24-15-7-8-17-18(10-15)30-21(25-17)29-12-19(26)23-11-16-2-1-9-28-16/h3-8,10,16H,1-2,9,11-12H2,(H,23,26)(H,24,27). The van der Waals surface area contributed by atoms with Crippen molar-refractivity contribution in [2.75, 3.05) is 24.2 Å². The van der Waals surface area contributed by atoms with Crippen molar-refractivity contribution in [2.45, 2.75) is 23.3 Å². The largest absolute Gasteiger partial charge is 0.376 e. The zero-order valence-electron chi connectivity index (χ0n) is 16.0. The normalized spacial score (nSPS) is 16.0. The third-order valence-electron chi connectivity index (χ3n) is 4.61. The van der Waals surface area contributed by atoms with E-state index in [1.807, 2.05) is 30.3 Å². The molecular weight excluding hydrogens is 486 g/mol. The molecule has 3 aromatic rings. The number of nitrogens with zero attached hydrogens (tertiary/aromatic N) is 1. The first-order valence-corrected chi connectivity index (χ1v) is 12.1. The van der Waals surface area contributed by atoms with Gasteiger partial charge in [0.2, 0.25) is 5.91 Å². The molecule has 0 bridgehead atoms. The summed E-state index contributed by atoms with van der Waals surface area (Å²) in [6.07, 6.45) is 2.21. The van der Waals surface area contributed by atoms with Gasteiger partial charge in [-0.05, 0) is 55.3 Å². The Morgan fingerprint density at radius 2 is 2.07 bits per heavy atom. The lowest BCUT2D eigenvalue weighted by atomic mass is 10.2. The summed E-state index contributed by atoms with van der Waals surface area (Å²) in [4.78, 5) is 29.0. The van der Waals surface area contributed by atoms with Crippen LogP contribution in [0.4, 0.5) is 5.69 Å². The maximum atomic E-state index is 12.4. The molecular formula is C21H20BrN3O3S2. The molecule has 0 aliphatic carbocycles. The van der Waals surface area contributed by atoms with Crippen molar-refractivity contribution in [1.29, 1.82) is 0 Å². The van der Waals surface area contributed by atoms with Crippen molar-refractivity contribution in [3.8, 4) is 0 Å². The zero-order valence-corrected chi connectivity index (χ0v) is 19.2. The van der Waals surface area contributed by atoms with Crippen molar-refractivity contribution in [1.82, 2.24) is 10.3 Å². The van der Waals surface area contributed by atoms with E-state index in [4.69, 9.17) is 4.74 Å². The number of benzene rings is 2. The number of carbonyl (C=O) groups is 2. The number of rotatable bonds is 7. The van der Waals surface area contributed by atoms with Crippen molar-refractivity contribution in [2.24, 2.45) is 0 Å². The number of fused-ring (bicyclic) bond motifs is 1. The van der Waals surface area contributed by atoms with Crippen LogP contribution in [0.25, 0.3) is 10.2 Å². The highest BCUT2D eigenvalue weighted by atomic mass is 79.9. The molecule has 1 saturated heterocycles. The molecule has 6 nitrogen and oxygen atoms in total. The summed E-state index contributed by atoms with van der Waals surface area (Å²) in [7, 11) is 0. The Bertz CT molecular complexity index is 1050. The maximum absolute atomic E-state index is 12.4. The first-order valence-electron chi connectivity index (χ1n) is 9.55. The van der Waals surface area contributed by atoms with Gasteiger partial charge in [0.25, 0.3) is 5.91 Å². The molecule has 2 heterocycles. The first kappa shape index (κ1) is 21.3. The van der Waals surface area contributed by atoms with Crippen molar-refractivity contribution < 1.29 is 14.3 Å². The number of hydrogen-bond donors (Lipinski definition) is 2. The van der Waals surface area contributed by atoms with Crippen LogP contribution in [-0.4, -0.2) is 41.8 Å². The summed E-state index contributed by atoms with van der Waals surface area (Å²) in [6.45, 7) is 1.35. The van der Waals surface area contributed by atoms with Crippen LogP contribution >= 0.6 is 39.0 Å². The van der Waals surface area contributed by atoms with Gasteiger partial charge in [0.15, 0.2) is 4.34 Å². The molecule has 1 aliphatic rings. The second-order valence-electron chi connectivity index (χ2n) is 6.85. The van der Waals surface area contributed by atoms with E-state index in [1.165, 1.54) is 23.1 Å². The van der Waals surface area contributed by atoms with Gasteiger partial charge >= 0.3 is 0 Å². The average Bonchev–Trinajstić information content (AvgIpc) is 3.40. The molecule has 0 saturated carbocycles. The summed E-state index contributed by atoms with van der Waals surface area (Å²) in [5.74, 6) is 0.140.